The van der Waals surface area contributed by atoms with E-state index in [0.29, 0.717) is 30.6 Å². The molecule has 6 nitrogen and oxygen atoms in total. The number of pyridine rings is 1. The maximum Gasteiger partial charge on any atom is 0.306 e. The quantitative estimate of drug-likeness (QED) is 0.543. The summed E-state index contributed by atoms with van der Waals surface area (Å²) in [6, 6.07) is 9.70. The van der Waals surface area contributed by atoms with E-state index in [1.54, 1.807) is 10.6 Å². The molecule has 0 spiro atoms. The molecule has 2 aromatic heterocycles. The van der Waals surface area contributed by atoms with E-state index in [1.165, 1.54) is 7.11 Å². The minimum absolute atomic E-state index is 0.0459. The van der Waals surface area contributed by atoms with Crippen molar-refractivity contribution in [1.29, 1.82) is 0 Å². The second-order valence-electron chi connectivity index (χ2n) is 8.26. The number of carbonyl (C=O) groups is 1. The largest absolute Gasteiger partial charge is 0.507 e. The van der Waals surface area contributed by atoms with Crippen molar-refractivity contribution in [3.8, 4) is 5.75 Å². The number of methoxy groups -OCH3 is 1. The number of fused-ring (bicyclic) bond motifs is 1. The number of aromatic hydroxyl groups is 1. The molecule has 3 rings (SSSR count). The molecule has 0 fully saturated rings. The first-order valence-electron chi connectivity index (χ1n) is 10.4. The maximum atomic E-state index is 13.4. The van der Waals surface area contributed by atoms with Gasteiger partial charge in [-0.25, -0.2) is 0 Å². The molecule has 160 valence electrons. The molecule has 0 radical (unpaired) electrons. The van der Waals surface area contributed by atoms with Crippen molar-refractivity contribution >= 4 is 16.9 Å². The highest BCUT2D eigenvalue weighted by Gasteiger charge is 2.25. The van der Waals surface area contributed by atoms with E-state index >= 15 is 0 Å². The lowest BCUT2D eigenvalue weighted by Gasteiger charge is -2.21. The van der Waals surface area contributed by atoms with Gasteiger partial charge in [0.15, 0.2) is 0 Å². The van der Waals surface area contributed by atoms with Gasteiger partial charge in [0.05, 0.1) is 19.1 Å². The number of aryl methyl sites for hydroxylation is 2. The number of H-pyrrole nitrogens is 1. The summed E-state index contributed by atoms with van der Waals surface area (Å²) in [5, 5.41) is 11.7. The topological polar surface area (TPSA) is 84.3 Å². The van der Waals surface area contributed by atoms with Crippen LogP contribution >= 0.6 is 0 Å². The summed E-state index contributed by atoms with van der Waals surface area (Å²) in [4.78, 5) is 28.6. The van der Waals surface area contributed by atoms with E-state index in [-0.39, 0.29) is 35.5 Å². The molecule has 30 heavy (non-hydrogen) atoms. The number of esters is 1. The van der Waals surface area contributed by atoms with Gasteiger partial charge in [0.25, 0.3) is 5.56 Å². The minimum atomic E-state index is -0.384. The van der Waals surface area contributed by atoms with Crippen LogP contribution in [0.4, 0.5) is 0 Å². The van der Waals surface area contributed by atoms with Crippen LogP contribution in [0.2, 0.25) is 0 Å². The lowest BCUT2D eigenvalue weighted by molar-refractivity contribution is -0.141. The Labute approximate surface area is 176 Å². The van der Waals surface area contributed by atoms with Crippen LogP contribution in [0.1, 0.15) is 49.4 Å². The van der Waals surface area contributed by atoms with Crippen molar-refractivity contribution in [3.63, 3.8) is 0 Å². The number of hydrogen-bond donors (Lipinski definition) is 2. The summed E-state index contributed by atoms with van der Waals surface area (Å²) in [5.41, 5.74) is 2.97. The number of nitrogens with one attached hydrogen (secondary N) is 1. The molecule has 2 heterocycles. The number of para-hydroxylation sites is 1. The van der Waals surface area contributed by atoms with E-state index < -0.39 is 0 Å². The maximum absolute atomic E-state index is 13.4. The third-order valence-corrected chi connectivity index (χ3v) is 5.61. The highest BCUT2D eigenvalue weighted by atomic mass is 16.5. The fourth-order valence-corrected chi connectivity index (χ4v) is 4.16. The number of benzene rings is 1. The highest BCUT2D eigenvalue weighted by molar-refractivity contribution is 5.83. The molecule has 0 bridgehead atoms. The Kier molecular flexibility index (Phi) is 6.65. The van der Waals surface area contributed by atoms with Gasteiger partial charge in [0.1, 0.15) is 5.75 Å². The monoisotopic (exact) mass is 410 g/mol. The van der Waals surface area contributed by atoms with Crippen LogP contribution in [-0.4, -0.2) is 27.7 Å². The van der Waals surface area contributed by atoms with E-state index in [4.69, 9.17) is 4.74 Å². The van der Waals surface area contributed by atoms with Crippen molar-refractivity contribution in [2.75, 3.05) is 7.11 Å². The Morgan fingerprint density at radius 3 is 2.70 bits per heavy atom. The standard InChI is InChI=1S/C24H30N2O4/c1-15(2)11-18(13-22(28)30-4)23-21(27)12-16(3)26(24(23)29)10-9-17-14-25-20-8-6-5-7-19(17)20/h5-8,12,14-15,18,25,27H,9-11,13H2,1-4H3. The van der Waals surface area contributed by atoms with Crippen LogP contribution in [-0.2, 0) is 22.5 Å². The summed E-state index contributed by atoms with van der Waals surface area (Å²) in [7, 11) is 1.34. The number of rotatable bonds is 8. The van der Waals surface area contributed by atoms with Gasteiger partial charge in [-0.05, 0) is 43.4 Å². The van der Waals surface area contributed by atoms with Gasteiger partial charge in [0.2, 0.25) is 0 Å². The average molecular weight is 411 g/mol. The Morgan fingerprint density at radius 1 is 1.27 bits per heavy atom. The molecule has 2 N–H and O–H groups in total. The summed E-state index contributed by atoms with van der Waals surface area (Å²) in [6.45, 7) is 6.38. The van der Waals surface area contributed by atoms with Crippen molar-refractivity contribution in [2.24, 2.45) is 5.92 Å². The molecular formula is C24H30N2O4. The second kappa shape index (κ2) is 9.20. The zero-order chi connectivity index (χ0) is 21.8. The average Bonchev–Trinajstić information content (AvgIpc) is 3.10. The first-order valence-corrected chi connectivity index (χ1v) is 10.4. The minimum Gasteiger partial charge on any atom is -0.507 e. The molecule has 3 aromatic rings. The second-order valence-corrected chi connectivity index (χ2v) is 8.26. The SMILES string of the molecule is COC(=O)CC(CC(C)C)c1c(O)cc(C)n(CCc2c[nH]c3ccccc23)c1=O. The van der Waals surface area contributed by atoms with Crippen LogP contribution in [0.3, 0.4) is 0 Å². The van der Waals surface area contributed by atoms with Crippen LogP contribution in [0.25, 0.3) is 10.9 Å². The predicted octanol–water partition coefficient (Wildman–Crippen LogP) is 4.28. The van der Waals surface area contributed by atoms with Crippen LogP contribution in [0.15, 0.2) is 41.3 Å². The van der Waals surface area contributed by atoms with E-state index in [2.05, 4.69) is 11.1 Å². The van der Waals surface area contributed by atoms with Gasteiger partial charge < -0.3 is 19.4 Å². The number of aromatic nitrogens is 2. The summed E-state index contributed by atoms with van der Waals surface area (Å²) >= 11 is 0. The number of carbonyl (C=O) groups excluding carboxylic acids is 1. The van der Waals surface area contributed by atoms with Crippen LogP contribution in [0, 0.1) is 12.8 Å². The molecule has 1 atom stereocenters. The van der Waals surface area contributed by atoms with Gasteiger partial charge in [0, 0.05) is 35.3 Å². The lowest BCUT2D eigenvalue weighted by Crippen LogP contribution is -2.29. The van der Waals surface area contributed by atoms with Crippen molar-refractivity contribution in [2.45, 2.75) is 52.5 Å². The molecule has 1 aromatic carbocycles. The van der Waals surface area contributed by atoms with Gasteiger partial charge in [-0.3, -0.25) is 9.59 Å². The number of nitrogens with zero attached hydrogens (tertiary/aromatic N) is 1. The molecular weight excluding hydrogens is 380 g/mol. The normalized spacial score (nSPS) is 12.4. The summed E-state index contributed by atoms with van der Waals surface area (Å²) < 4.78 is 6.52. The zero-order valence-corrected chi connectivity index (χ0v) is 18.1. The number of ether oxygens (including phenoxy) is 1. The Hall–Kier alpha value is -3.02. The van der Waals surface area contributed by atoms with Crippen molar-refractivity contribution in [1.82, 2.24) is 9.55 Å². The molecule has 0 saturated carbocycles. The molecule has 0 amide bonds. The fourth-order valence-electron chi connectivity index (χ4n) is 4.16. The molecule has 0 aliphatic heterocycles. The Morgan fingerprint density at radius 2 is 2.00 bits per heavy atom. The molecule has 0 aliphatic rings. The fraction of sp³-hybridized carbons (Fsp3) is 0.417. The van der Waals surface area contributed by atoms with Crippen molar-refractivity contribution in [3.05, 3.63) is 63.7 Å². The molecule has 0 aliphatic carbocycles. The van der Waals surface area contributed by atoms with E-state index in [9.17, 15) is 14.7 Å². The van der Waals surface area contributed by atoms with E-state index in [0.717, 1.165) is 16.5 Å². The predicted molar refractivity (Wildman–Crippen MR) is 118 cm³/mol. The zero-order valence-electron chi connectivity index (χ0n) is 18.1. The van der Waals surface area contributed by atoms with Gasteiger partial charge in [-0.1, -0.05) is 32.0 Å². The van der Waals surface area contributed by atoms with E-state index in [1.807, 2.05) is 45.2 Å². The molecule has 0 saturated heterocycles. The summed E-state index contributed by atoms with van der Waals surface area (Å²) in [6.07, 6.45) is 3.35. The lowest BCUT2D eigenvalue weighted by atomic mass is 9.87. The van der Waals surface area contributed by atoms with Gasteiger partial charge in [-0.2, -0.15) is 0 Å². The smallest absolute Gasteiger partial charge is 0.306 e. The van der Waals surface area contributed by atoms with Crippen LogP contribution in [0.5, 0.6) is 5.75 Å². The third kappa shape index (κ3) is 4.58. The van der Waals surface area contributed by atoms with Crippen molar-refractivity contribution < 1.29 is 14.6 Å². The van der Waals surface area contributed by atoms with Gasteiger partial charge in [-0.15, -0.1) is 0 Å². The summed E-state index contributed by atoms with van der Waals surface area (Å²) in [5.74, 6) is -0.551. The van der Waals surface area contributed by atoms with Gasteiger partial charge >= 0.3 is 5.97 Å². The first kappa shape index (κ1) is 21.7. The molecule has 1 unspecified atom stereocenters. The number of hydrogen-bond acceptors (Lipinski definition) is 4. The number of aromatic amines is 1. The van der Waals surface area contributed by atoms with Crippen LogP contribution < -0.4 is 5.56 Å². The Bertz CT molecular complexity index is 1090. The Balaban J connectivity index is 1.95. The third-order valence-electron chi connectivity index (χ3n) is 5.61. The molecule has 6 heteroatoms. The first-order chi connectivity index (χ1) is 14.3. The highest BCUT2D eigenvalue weighted by Crippen LogP contribution is 2.32.